The zero-order valence-corrected chi connectivity index (χ0v) is 16.6. The minimum absolute atomic E-state index is 0.0336. The monoisotopic (exact) mass is 392 g/mol. The molecule has 150 valence electrons. The molecule has 0 spiro atoms. The third-order valence-electron chi connectivity index (χ3n) is 4.48. The number of nitrogens with zero attached hydrogens (tertiary/aromatic N) is 1. The maximum absolute atomic E-state index is 12.1. The van der Waals surface area contributed by atoms with Crippen LogP contribution in [0.3, 0.4) is 0 Å². The molecule has 0 fully saturated rings. The maximum atomic E-state index is 12.1. The molecule has 0 radical (unpaired) electrons. The standard InChI is InChI=1S/C23H24N2O4/c1-16-3-7-18(8-4-16)9-12-22(26)24-13-14-28-23(27)21-15-20(25-29-21)19-10-5-17(2)6-11-19/h3-8,10-11,15H,9,12-14H2,1-2H3,(H,24,26). The maximum Gasteiger partial charge on any atom is 0.377 e. The van der Waals surface area contributed by atoms with Gasteiger partial charge in [0.1, 0.15) is 12.3 Å². The Balaban J connectivity index is 1.38. The predicted octanol–water partition coefficient (Wildman–Crippen LogP) is 3.86. The van der Waals surface area contributed by atoms with E-state index in [4.69, 9.17) is 9.26 Å². The highest BCUT2D eigenvalue weighted by molar-refractivity contribution is 5.87. The van der Waals surface area contributed by atoms with Gasteiger partial charge in [0, 0.05) is 18.1 Å². The summed E-state index contributed by atoms with van der Waals surface area (Å²) in [6.45, 7) is 4.34. The van der Waals surface area contributed by atoms with Gasteiger partial charge in [-0.25, -0.2) is 4.79 Å². The fourth-order valence-corrected chi connectivity index (χ4v) is 2.74. The number of benzene rings is 2. The molecule has 3 rings (SSSR count). The number of aryl methyl sites for hydroxylation is 3. The summed E-state index contributed by atoms with van der Waals surface area (Å²) in [4.78, 5) is 24.0. The van der Waals surface area contributed by atoms with Gasteiger partial charge in [0.15, 0.2) is 0 Å². The van der Waals surface area contributed by atoms with Gasteiger partial charge in [0.2, 0.25) is 11.7 Å². The number of aromatic nitrogens is 1. The predicted molar refractivity (Wildman–Crippen MR) is 109 cm³/mol. The van der Waals surface area contributed by atoms with Crippen molar-refractivity contribution in [2.24, 2.45) is 0 Å². The Kier molecular flexibility index (Phi) is 6.79. The van der Waals surface area contributed by atoms with Gasteiger partial charge >= 0.3 is 5.97 Å². The quantitative estimate of drug-likeness (QED) is 0.465. The van der Waals surface area contributed by atoms with E-state index >= 15 is 0 Å². The minimum Gasteiger partial charge on any atom is -0.458 e. The summed E-state index contributed by atoms with van der Waals surface area (Å²) >= 11 is 0. The van der Waals surface area contributed by atoms with Gasteiger partial charge < -0.3 is 14.6 Å². The molecule has 0 atom stereocenters. The molecule has 6 heteroatoms. The van der Waals surface area contributed by atoms with Crippen molar-refractivity contribution in [1.82, 2.24) is 10.5 Å². The molecule has 1 N–H and O–H groups in total. The second kappa shape index (κ2) is 9.68. The summed E-state index contributed by atoms with van der Waals surface area (Å²) in [5.41, 5.74) is 4.88. The van der Waals surface area contributed by atoms with Crippen molar-refractivity contribution in [2.45, 2.75) is 26.7 Å². The summed E-state index contributed by atoms with van der Waals surface area (Å²) in [6, 6.07) is 17.4. The van der Waals surface area contributed by atoms with Crippen molar-refractivity contribution < 1.29 is 18.8 Å². The SMILES string of the molecule is Cc1ccc(CCC(=O)NCCOC(=O)c2cc(-c3ccc(C)cc3)no2)cc1. The molecule has 1 heterocycles. The van der Waals surface area contributed by atoms with Crippen molar-refractivity contribution in [2.75, 3.05) is 13.2 Å². The second-order valence-corrected chi connectivity index (χ2v) is 6.91. The van der Waals surface area contributed by atoms with E-state index in [1.54, 1.807) is 6.07 Å². The van der Waals surface area contributed by atoms with Crippen molar-refractivity contribution >= 4 is 11.9 Å². The summed E-state index contributed by atoms with van der Waals surface area (Å²) in [5.74, 6) is -0.654. The van der Waals surface area contributed by atoms with Gasteiger partial charge in [0.05, 0.1) is 6.54 Å². The van der Waals surface area contributed by atoms with E-state index in [1.807, 2.05) is 62.4 Å². The Hall–Kier alpha value is -3.41. The summed E-state index contributed by atoms with van der Waals surface area (Å²) < 4.78 is 10.2. The fraction of sp³-hybridized carbons (Fsp3) is 0.261. The molecule has 2 aromatic carbocycles. The van der Waals surface area contributed by atoms with E-state index in [1.165, 1.54) is 5.56 Å². The van der Waals surface area contributed by atoms with Crippen LogP contribution < -0.4 is 5.32 Å². The van der Waals surface area contributed by atoms with Crippen molar-refractivity contribution in [3.63, 3.8) is 0 Å². The molecule has 3 aromatic rings. The van der Waals surface area contributed by atoms with Crippen LogP contribution in [0.15, 0.2) is 59.1 Å². The summed E-state index contributed by atoms with van der Waals surface area (Å²) in [6.07, 6.45) is 1.06. The number of rotatable bonds is 8. The number of nitrogens with one attached hydrogen (secondary N) is 1. The molecule has 29 heavy (non-hydrogen) atoms. The number of ether oxygens (including phenoxy) is 1. The van der Waals surface area contributed by atoms with Crippen LogP contribution in [0.4, 0.5) is 0 Å². The van der Waals surface area contributed by atoms with Gasteiger partial charge in [-0.3, -0.25) is 4.79 Å². The molecule has 0 bridgehead atoms. The lowest BCUT2D eigenvalue weighted by molar-refractivity contribution is -0.121. The number of hydrogen-bond donors (Lipinski definition) is 1. The second-order valence-electron chi connectivity index (χ2n) is 6.91. The fourth-order valence-electron chi connectivity index (χ4n) is 2.74. The van der Waals surface area contributed by atoms with Crippen LogP contribution in [-0.2, 0) is 16.0 Å². The first-order valence-electron chi connectivity index (χ1n) is 9.54. The Morgan fingerprint density at radius 2 is 1.66 bits per heavy atom. The number of esters is 1. The van der Waals surface area contributed by atoms with Crippen LogP contribution in [0.25, 0.3) is 11.3 Å². The molecular formula is C23H24N2O4. The van der Waals surface area contributed by atoms with E-state index in [0.717, 1.165) is 16.7 Å². The minimum atomic E-state index is -0.607. The van der Waals surface area contributed by atoms with Gasteiger partial charge in [-0.05, 0) is 25.8 Å². The third-order valence-corrected chi connectivity index (χ3v) is 4.48. The van der Waals surface area contributed by atoms with Gasteiger partial charge in [-0.1, -0.05) is 64.8 Å². The Labute approximate surface area is 169 Å². The van der Waals surface area contributed by atoms with E-state index in [9.17, 15) is 9.59 Å². The van der Waals surface area contributed by atoms with Crippen molar-refractivity contribution in [3.8, 4) is 11.3 Å². The Bertz CT molecular complexity index is 959. The van der Waals surface area contributed by atoms with Crippen molar-refractivity contribution in [1.29, 1.82) is 0 Å². The number of carbonyl (C=O) groups excluding carboxylic acids is 2. The summed E-state index contributed by atoms with van der Waals surface area (Å²) in [7, 11) is 0. The lowest BCUT2D eigenvalue weighted by atomic mass is 10.1. The molecule has 0 unspecified atom stereocenters. The Morgan fingerprint density at radius 3 is 2.34 bits per heavy atom. The number of hydrogen-bond acceptors (Lipinski definition) is 5. The van der Waals surface area contributed by atoms with Gasteiger partial charge in [-0.15, -0.1) is 0 Å². The third kappa shape index (κ3) is 6.04. The molecule has 0 aliphatic heterocycles. The number of amides is 1. The molecule has 0 aliphatic rings. The molecule has 6 nitrogen and oxygen atoms in total. The zero-order chi connectivity index (χ0) is 20.6. The van der Waals surface area contributed by atoms with Gasteiger partial charge in [0.25, 0.3) is 0 Å². The van der Waals surface area contributed by atoms with E-state index in [2.05, 4.69) is 10.5 Å². The van der Waals surface area contributed by atoms with Crippen LogP contribution in [-0.4, -0.2) is 30.2 Å². The van der Waals surface area contributed by atoms with E-state index < -0.39 is 5.97 Å². The lowest BCUT2D eigenvalue weighted by Gasteiger charge is -2.06. The first-order valence-corrected chi connectivity index (χ1v) is 9.54. The highest BCUT2D eigenvalue weighted by atomic mass is 16.6. The average molecular weight is 392 g/mol. The lowest BCUT2D eigenvalue weighted by Crippen LogP contribution is -2.28. The van der Waals surface area contributed by atoms with E-state index in [-0.39, 0.29) is 24.8 Å². The van der Waals surface area contributed by atoms with Crippen LogP contribution in [0.5, 0.6) is 0 Å². The first-order chi connectivity index (χ1) is 14.0. The van der Waals surface area contributed by atoms with Crippen LogP contribution in [0.2, 0.25) is 0 Å². The number of carbonyl (C=O) groups is 2. The Morgan fingerprint density at radius 1 is 1.00 bits per heavy atom. The smallest absolute Gasteiger partial charge is 0.377 e. The highest BCUT2D eigenvalue weighted by Gasteiger charge is 2.15. The molecule has 1 amide bonds. The largest absolute Gasteiger partial charge is 0.458 e. The van der Waals surface area contributed by atoms with Crippen molar-refractivity contribution in [3.05, 3.63) is 77.0 Å². The van der Waals surface area contributed by atoms with E-state index in [0.29, 0.717) is 18.5 Å². The average Bonchev–Trinajstić information content (AvgIpc) is 3.21. The first kappa shape index (κ1) is 20.3. The van der Waals surface area contributed by atoms with Crippen LogP contribution in [0.1, 0.15) is 33.7 Å². The van der Waals surface area contributed by atoms with Crippen LogP contribution >= 0.6 is 0 Å². The molecule has 0 aliphatic carbocycles. The molecule has 0 saturated carbocycles. The normalized spacial score (nSPS) is 10.6. The molecule has 1 aromatic heterocycles. The molecular weight excluding hydrogens is 368 g/mol. The van der Waals surface area contributed by atoms with Gasteiger partial charge in [-0.2, -0.15) is 0 Å². The molecule has 0 saturated heterocycles. The highest BCUT2D eigenvalue weighted by Crippen LogP contribution is 2.20. The topological polar surface area (TPSA) is 81.4 Å². The summed E-state index contributed by atoms with van der Waals surface area (Å²) in [5, 5.41) is 6.65. The zero-order valence-electron chi connectivity index (χ0n) is 16.6. The van der Waals surface area contributed by atoms with Crippen LogP contribution in [0, 0.1) is 13.8 Å².